The van der Waals surface area contributed by atoms with Crippen molar-refractivity contribution >= 4 is 25.7 Å². The lowest BCUT2D eigenvalue weighted by molar-refractivity contribution is 0.0184. The van der Waals surface area contributed by atoms with E-state index in [1.54, 1.807) is 0 Å². The van der Waals surface area contributed by atoms with Gasteiger partial charge in [-0.15, -0.1) is 0 Å². The molecule has 10 nitrogen and oxygen atoms in total. The molecule has 0 saturated carbocycles. The van der Waals surface area contributed by atoms with E-state index >= 15 is 0 Å². The average Bonchev–Trinajstić information content (AvgIpc) is 2.43. The molecule has 1 aromatic carbocycles. The lowest BCUT2D eigenvalue weighted by Crippen LogP contribution is -2.22. The first-order valence-electron chi connectivity index (χ1n) is 6.03. The number of phosphoric acid groups is 1. The third-order valence-electron chi connectivity index (χ3n) is 2.50. The number of hydrogen-bond donors (Lipinski definition) is 4. The van der Waals surface area contributed by atoms with Gasteiger partial charge in [-0.05, 0) is 25.1 Å². The number of aromatic carboxylic acids is 2. The molecule has 0 fully saturated rings. The Bertz CT molecular complexity index is 676. The van der Waals surface area contributed by atoms with Crippen molar-refractivity contribution in [3.05, 3.63) is 34.9 Å². The van der Waals surface area contributed by atoms with Gasteiger partial charge >= 0.3 is 25.7 Å². The number of carbonyl (C=O) groups is 3. The predicted octanol–water partition coefficient (Wildman–Crippen LogP) is 0.738. The number of rotatable bonds is 7. The summed E-state index contributed by atoms with van der Waals surface area (Å²) in [5.74, 6) is -3.99. The lowest BCUT2D eigenvalue weighted by Gasteiger charge is -2.15. The summed E-state index contributed by atoms with van der Waals surface area (Å²) < 4.78 is 19.5. The number of ether oxygens (including phenoxy) is 1. The summed E-state index contributed by atoms with van der Waals surface area (Å²) in [7, 11) is -4.73. The zero-order valence-electron chi connectivity index (χ0n) is 11.7. The summed E-state index contributed by atoms with van der Waals surface area (Å²) in [6.45, 7) is 0.672. The van der Waals surface area contributed by atoms with E-state index in [9.17, 15) is 18.9 Å². The van der Waals surface area contributed by atoms with Gasteiger partial charge in [0, 0.05) is 0 Å². The Balaban J connectivity index is 2.93. The molecule has 0 aliphatic heterocycles. The van der Waals surface area contributed by atoms with Gasteiger partial charge < -0.3 is 24.7 Å². The fourth-order valence-corrected chi connectivity index (χ4v) is 1.92. The molecule has 0 aliphatic carbocycles. The van der Waals surface area contributed by atoms with Crippen molar-refractivity contribution in [3.63, 3.8) is 0 Å². The molecular formula is C12H13O10P. The number of benzene rings is 1. The van der Waals surface area contributed by atoms with E-state index in [0.29, 0.717) is 0 Å². The average molecular weight is 348 g/mol. The molecule has 11 heteroatoms. The fourth-order valence-electron chi connectivity index (χ4n) is 1.51. The monoisotopic (exact) mass is 348 g/mol. The van der Waals surface area contributed by atoms with Crippen LogP contribution in [0.5, 0.6) is 0 Å². The molecule has 0 radical (unpaired) electrons. The topological polar surface area (TPSA) is 168 Å². The molecule has 4 N–H and O–H groups in total. The van der Waals surface area contributed by atoms with Gasteiger partial charge in [0.05, 0.1) is 23.3 Å². The number of esters is 1. The van der Waals surface area contributed by atoms with E-state index in [2.05, 4.69) is 4.52 Å². The maximum Gasteiger partial charge on any atom is 0.469 e. The first kappa shape index (κ1) is 18.8. The minimum Gasteiger partial charge on any atom is -0.478 e. The van der Waals surface area contributed by atoms with Crippen molar-refractivity contribution in [1.29, 1.82) is 0 Å². The van der Waals surface area contributed by atoms with Crippen LogP contribution in [-0.4, -0.2) is 50.6 Å². The molecule has 0 aliphatic rings. The summed E-state index contributed by atoms with van der Waals surface area (Å²) in [5.41, 5.74) is -1.29. The first-order chi connectivity index (χ1) is 10.5. The number of carboxylic acid groups (broad SMARTS) is 2. The predicted molar refractivity (Wildman–Crippen MR) is 73.2 cm³/mol. The van der Waals surface area contributed by atoms with Gasteiger partial charge in [-0.3, -0.25) is 4.52 Å². The van der Waals surface area contributed by atoms with Crippen molar-refractivity contribution < 1.29 is 48.2 Å². The molecular weight excluding hydrogens is 335 g/mol. The normalized spacial score (nSPS) is 12.5. The van der Waals surface area contributed by atoms with Crippen molar-refractivity contribution in [3.8, 4) is 0 Å². The van der Waals surface area contributed by atoms with Gasteiger partial charge in [0.2, 0.25) is 0 Å². The highest BCUT2D eigenvalue weighted by atomic mass is 31.2. The molecule has 0 aromatic heterocycles. The molecule has 1 unspecified atom stereocenters. The Hall–Kier alpha value is -2.26. The van der Waals surface area contributed by atoms with Crippen molar-refractivity contribution in [2.75, 3.05) is 6.61 Å². The van der Waals surface area contributed by atoms with Crippen molar-refractivity contribution in [1.82, 2.24) is 0 Å². The summed E-state index contributed by atoms with van der Waals surface area (Å²) in [4.78, 5) is 50.9. The third-order valence-corrected chi connectivity index (χ3v) is 2.99. The molecule has 0 amide bonds. The van der Waals surface area contributed by atoms with Gasteiger partial charge in [0.15, 0.2) is 0 Å². The second-order valence-electron chi connectivity index (χ2n) is 4.37. The van der Waals surface area contributed by atoms with Gasteiger partial charge in [-0.1, -0.05) is 0 Å². The van der Waals surface area contributed by atoms with E-state index in [1.165, 1.54) is 6.92 Å². The fraction of sp³-hybridized carbons (Fsp3) is 0.250. The molecule has 126 valence electrons. The Morgan fingerprint density at radius 3 is 2.22 bits per heavy atom. The largest absolute Gasteiger partial charge is 0.478 e. The van der Waals surface area contributed by atoms with Crippen LogP contribution in [0.1, 0.15) is 38.0 Å². The van der Waals surface area contributed by atoms with Crippen LogP contribution < -0.4 is 0 Å². The summed E-state index contributed by atoms with van der Waals surface area (Å²) >= 11 is 0. The van der Waals surface area contributed by atoms with E-state index in [-0.39, 0.29) is 5.56 Å². The van der Waals surface area contributed by atoms with Crippen LogP contribution in [0.3, 0.4) is 0 Å². The van der Waals surface area contributed by atoms with Crippen LogP contribution >= 0.6 is 7.82 Å². The van der Waals surface area contributed by atoms with Crippen LogP contribution in [0.15, 0.2) is 18.2 Å². The standard InChI is InChI=1S/C12H13O10P/c1-6(5-21-23(18,19)20)22-12(17)8-3-2-7(10(13)14)4-9(8)11(15)16/h2-4,6H,5H2,1H3,(H,13,14)(H,15,16)(H2,18,19,20). The van der Waals surface area contributed by atoms with E-state index in [1.807, 2.05) is 0 Å². The highest BCUT2D eigenvalue weighted by Crippen LogP contribution is 2.35. The molecule has 0 spiro atoms. The van der Waals surface area contributed by atoms with Gasteiger partial charge in [-0.2, -0.15) is 0 Å². The quantitative estimate of drug-likeness (QED) is 0.407. The van der Waals surface area contributed by atoms with Crippen LogP contribution in [0.4, 0.5) is 0 Å². The maximum absolute atomic E-state index is 11.9. The SMILES string of the molecule is CC(COP(=O)(O)O)OC(=O)c1ccc(C(=O)O)cc1C(=O)O. The minimum absolute atomic E-state index is 0.322. The van der Waals surface area contributed by atoms with E-state index in [0.717, 1.165) is 18.2 Å². The highest BCUT2D eigenvalue weighted by Gasteiger charge is 2.23. The Labute approximate surface area is 129 Å². The zero-order chi connectivity index (χ0) is 17.8. The van der Waals surface area contributed by atoms with E-state index in [4.69, 9.17) is 24.7 Å². The second kappa shape index (κ2) is 7.34. The summed E-state index contributed by atoms with van der Waals surface area (Å²) in [6.07, 6.45) is -1.07. The van der Waals surface area contributed by atoms with Crippen LogP contribution in [-0.2, 0) is 13.8 Å². The molecule has 1 aromatic rings. The highest BCUT2D eigenvalue weighted by molar-refractivity contribution is 7.46. The molecule has 0 heterocycles. The van der Waals surface area contributed by atoms with Gasteiger partial charge in [0.1, 0.15) is 6.10 Å². The summed E-state index contributed by atoms with van der Waals surface area (Å²) in [5, 5.41) is 17.8. The second-order valence-corrected chi connectivity index (χ2v) is 5.61. The number of hydrogen-bond acceptors (Lipinski definition) is 6. The van der Waals surface area contributed by atoms with Crippen molar-refractivity contribution in [2.24, 2.45) is 0 Å². The third kappa shape index (κ3) is 5.80. The molecule has 0 bridgehead atoms. The van der Waals surface area contributed by atoms with Crippen LogP contribution in [0.2, 0.25) is 0 Å². The Morgan fingerprint density at radius 2 is 1.74 bits per heavy atom. The number of carbonyl (C=O) groups excluding carboxylic acids is 1. The Kier molecular flexibility index (Phi) is 5.99. The molecule has 1 rings (SSSR count). The smallest absolute Gasteiger partial charge is 0.469 e. The molecule has 23 heavy (non-hydrogen) atoms. The van der Waals surface area contributed by atoms with Crippen LogP contribution in [0.25, 0.3) is 0 Å². The maximum atomic E-state index is 11.9. The minimum atomic E-state index is -4.73. The summed E-state index contributed by atoms with van der Waals surface area (Å²) in [6, 6.07) is 2.81. The van der Waals surface area contributed by atoms with Gasteiger partial charge in [-0.25, -0.2) is 18.9 Å². The zero-order valence-corrected chi connectivity index (χ0v) is 12.6. The Morgan fingerprint density at radius 1 is 1.13 bits per heavy atom. The number of phosphoric ester groups is 1. The molecule has 0 saturated heterocycles. The lowest BCUT2D eigenvalue weighted by atomic mass is 10.0. The molecule has 1 atom stereocenters. The number of carboxylic acids is 2. The van der Waals surface area contributed by atoms with Crippen LogP contribution in [0, 0.1) is 0 Å². The van der Waals surface area contributed by atoms with Crippen molar-refractivity contribution in [2.45, 2.75) is 13.0 Å². The van der Waals surface area contributed by atoms with Gasteiger partial charge in [0.25, 0.3) is 0 Å². The first-order valence-corrected chi connectivity index (χ1v) is 7.56. The van der Waals surface area contributed by atoms with E-state index < -0.39 is 49.6 Å².